The van der Waals surface area contributed by atoms with Crippen LogP contribution in [0.3, 0.4) is 0 Å². The molecular formula is C13H17N3O3S2. The molecule has 114 valence electrons. The van der Waals surface area contributed by atoms with Crippen molar-refractivity contribution in [2.75, 3.05) is 12.3 Å². The van der Waals surface area contributed by atoms with Gasteiger partial charge in [0.1, 0.15) is 15.7 Å². The minimum Gasteiger partial charge on any atom is -0.492 e. The van der Waals surface area contributed by atoms with E-state index in [1.807, 2.05) is 12.3 Å². The van der Waals surface area contributed by atoms with Crippen LogP contribution >= 0.6 is 11.3 Å². The molecule has 0 radical (unpaired) electrons. The van der Waals surface area contributed by atoms with E-state index in [9.17, 15) is 8.42 Å². The predicted molar refractivity (Wildman–Crippen MR) is 82.9 cm³/mol. The summed E-state index contributed by atoms with van der Waals surface area (Å²) in [4.78, 5) is 4.26. The zero-order valence-corrected chi connectivity index (χ0v) is 13.4. The number of nitrogens with zero attached hydrogens (tertiary/aromatic N) is 1. The zero-order chi connectivity index (χ0) is 15.5. The van der Waals surface area contributed by atoms with Crippen LogP contribution in [0.1, 0.15) is 17.6 Å². The summed E-state index contributed by atoms with van der Waals surface area (Å²) in [6.45, 7) is 4.16. The molecule has 0 atom stereocenters. The number of rotatable bonds is 6. The number of thiazole rings is 1. The van der Waals surface area contributed by atoms with E-state index in [4.69, 9.17) is 10.5 Å². The first-order valence-corrected chi connectivity index (χ1v) is 8.71. The first-order chi connectivity index (χ1) is 9.92. The number of aryl methyl sites for hydroxylation is 1. The number of nitrogens with one attached hydrogen (secondary N) is 1. The molecule has 8 heteroatoms. The largest absolute Gasteiger partial charge is 0.492 e. The monoisotopic (exact) mass is 327 g/mol. The third kappa shape index (κ3) is 3.93. The number of hydrogen-bond donors (Lipinski definition) is 2. The van der Waals surface area contributed by atoms with Crippen LogP contribution in [-0.2, 0) is 16.6 Å². The summed E-state index contributed by atoms with van der Waals surface area (Å²) in [6.07, 6.45) is 0. The van der Waals surface area contributed by atoms with Gasteiger partial charge >= 0.3 is 0 Å². The summed E-state index contributed by atoms with van der Waals surface area (Å²) in [6, 6.07) is 4.55. The highest BCUT2D eigenvalue weighted by molar-refractivity contribution is 7.89. The Bertz CT molecular complexity index is 726. The van der Waals surface area contributed by atoms with Gasteiger partial charge in [0.05, 0.1) is 13.2 Å². The third-order valence-corrected chi connectivity index (χ3v) is 5.03. The summed E-state index contributed by atoms with van der Waals surface area (Å²) in [5, 5.41) is 2.58. The van der Waals surface area contributed by atoms with Gasteiger partial charge < -0.3 is 10.5 Å². The number of aromatic nitrogens is 1. The topological polar surface area (TPSA) is 94.3 Å². The lowest BCUT2D eigenvalue weighted by atomic mass is 10.3. The Balaban J connectivity index is 2.24. The second kappa shape index (κ2) is 6.42. The SMILES string of the molecule is CCOc1ccc(N)cc1S(=O)(=O)NCc1nc(C)cs1. The Morgan fingerprint density at radius 1 is 1.43 bits per heavy atom. The minimum atomic E-state index is -3.71. The van der Waals surface area contributed by atoms with Crippen molar-refractivity contribution in [2.45, 2.75) is 25.3 Å². The summed E-state index contributed by atoms with van der Waals surface area (Å²) in [5.74, 6) is 0.287. The van der Waals surface area contributed by atoms with Crippen LogP contribution in [0.4, 0.5) is 5.69 Å². The minimum absolute atomic E-state index is 0.0395. The van der Waals surface area contributed by atoms with Crippen LogP contribution < -0.4 is 15.2 Å². The molecule has 0 saturated carbocycles. The van der Waals surface area contributed by atoms with Crippen molar-refractivity contribution in [3.05, 3.63) is 34.3 Å². The first kappa shape index (κ1) is 15.7. The Morgan fingerprint density at radius 3 is 2.81 bits per heavy atom. The quantitative estimate of drug-likeness (QED) is 0.790. The fraction of sp³-hybridized carbons (Fsp3) is 0.308. The first-order valence-electron chi connectivity index (χ1n) is 6.35. The van der Waals surface area contributed by atoms with Gasteiger partial charge in [0.25, 0.3) is 0 Å². The molecule has 6 nitrogen and oxygen atoms in total. The highest BCUT2D eigenvalue weighted by Gasteiger charge is 2.20. The van der Waals surface area contributed by atoms with E-state index < -0.39 is 10.0 Å². The predicted octanol–water partition coefficient (Wildman–Crippen LogP) is 1.91. The van der Waals surface area contributed by atoms with Crippen molar-refractivity contribution in [1.29, 1.82) is 0 Å². The maximum absolute atomic E-state index is 12.4. The highest BCUT2D eigenvalue weighted by atomic mass is 32.2. The van der Waals surface area contributed by atoms with Gasteiger partial charge in [-0.3, -0.25) is 0 Å². The lowest BCUT2D eigenvalue weighted by molar-refractivity contribution is 0.331. The van der Waals surface area contributed by atoms with Crippen LogP contribution in [0.25, 0.3) is 0 Å². The second-order valence-corrected chi connectivity index (χ2v) is 7.02. The lowest BCUT2D eigenvalue weighted by Gasteiger charge is -2.12. The average molecular weight is 327 g/mol. The zero-order valence-electron chi connectivity index (χ0n) is 11.8. The second-order valence-electron chi connectivity index (χ2n) is 4.35. The van der Waals surface area contributed by atoms with Gasteiger partial charge in [-0.2, -0.15) is 0 Å². The molecule has 3 N–H and O–H groups in total. The fourth-order valence-electron chi connectivity index (χ4n) is 1.73. The van der Waals surface area contributed by atoms with E-state index >= 15 is 0 Å². The van der Waals surface area contributed by atoms with Gasteiger partial charge in [-0.05, 0) is 32.0 Å². The van der Waals surface area contributed by atoms with E-state index in [1.165, 1.54) is 17.4 Å². The smallest absolute Gasteiger partial charge is 0.244 e. The molecule has 0 aliphatic rings. The Kier molecular flexibility index (Phi) is 4.81. The number of nitrogens with two attached hydrogens (primary N) is 1. The molecule has 0 aliphatic carbocycles. The normalized spacial score (nSPS) is 11.5. The third-order valence-electron chi connectivity index (χ3n) is 2.64. The molecule has 1 aromatic heterocycles. The van der Waals surface area contributed by atoms with Crippen LogP contribution in [0, 0.1) is 6.92 Å². The van der Waals surface area contributed by atoms with Gasteiger partial charge in [-0.15, -0.1) is 11.3 Å². The molecule has 1 heterocycles. The standard InChI is InChI=1S/C13H17N3O3S2/c1-3-19-11-5-4-10(14)6-12(11)21(17,18)15-7-13-16-9(2)8-20-13/h4-6,8,15H,3,7,14H2,1-2H3. The molecule has 1 aromatic carbocycles. The van der Waals surface area contributed by atoms with E-state index in [-0.39, 0.29) is 17.2 Å². The van der Waals surface area contributed by atoms with Crippen LogP contribution in [0.5, 0.6) is 5.75 Å². The molecule has 0 fully saturated rings. The van der Waals surface area contributed by atoms with E-state index in [0.717, 1.165) is 5.69 Å². The van der Waals surface area contributed by atoms with E-state index in [1.54, 1.807) is 19.1 Å². The summed E-state index contributed by atoms with van der Waals surface area (Å²) >= 11 is 1.41. The molecule has 0 bridgehead atoms. The number of benzene rings is 1. The van der Waals surface area contributed by atoms with E-state index in [0.29, 0.717) is 17.3 Å². The van der Waals surface area contributed by atoms with Crippen molar-refractivity contribution in [1.82, 2.24) is 9.71 Å². The fourth-order valence-corrected chi connectivity index (χ4v) is 3.70. The molecule has 0 aliphatic heterocycles. The van der Waals surface area contributed by atoms with Gasteiger partial charge in [0.15, 0.2) is 0 Å². The van der Waals surface area contributed by atoms with Crippen molar-refractivity contribution < 1.29 is 13.2 Å². The van der Waals surface area contributed by atoms with Crippen LogP contribution in [-0.4, -0.2) is 20.0 Å². The van der Waals surface area contributed by atoms with Crippen LogP contribution in [0.15, 0.2) is 28.5 Å². The molecule has 0 amide bonds. The maximum atomic E-state index is 12.4. The molecule has 2 rings (SSSR count). The summed E-state index contributed by atoms with van der Waals surface area (Å²) in [7, 11) is -3.71. The summed E-state index contributed by atoms with van der Waals surface area (Å²) in [5.41, 5.74) is 6.91. The molecule has 0 spiro atoms. The summed E-state index contributed by atoms with van der Waals surface area (Å²) < 4.78 is 32.6. The van der Waals surface area contributed by atoms with E-state index in [2.05, 4.69) is 9.71 Å². The molecular weight excluding hydrogens is 310 g/mol. The van der Waals surface area contributed by atoms with Gasteiger partial charge in [-0.1, -0.05) is 0 Å². The van der Waals surface area contributed by atoms with Gasteiger partial charge in [0.2, 0.25) is 10.0 Å². The number of hydrogen-bond acceptors (Lipinski definition) is 6. The Labute approximate surface area is 128 Å². The number of anilines is 1. The van der Waals surface area contributed by atoms with Crippen molar-refractivity contribution in [2.24, 2.45) is 0 Å². The Morgan fingerprint density at radius 2 is 2.19 bits per heavy atom. The highest BCUT2D eigenvalue weighted by Crippen LogP contribution is 2.26. The Hall–Kier alpha value is -1.64. The van der Waals surface area contributed by atoms with Crippen molar-refractivity contribution in [3.8, 4) is 5.75 Å². The molecule has 0 unspecified atom stereocenters. The molecule has 2 aromatic rings. The number of ether oxygens (including phenoxy) is 1. The number of sulfonamides is 1. The number of nitrogen functional groups attached to an aromatic ring is 1. The van der Waals surface area contributed by atoms with Gasteiger partial charge in [-0.25, -0.2) is 18.1 Å². The van der Waals surface area contributed by atoms with Crippen molar-refractivity contribution >= 4 is 27.0 Å². The van der Waals surface area contributed by atoms with Gasteiger partial charge in [0, 0.05) is 16.8 Å². The lowest BCUT2D eigenvalue weighted by Crippen LogP contribution is -2.24. The molecule has 21 heavy (non-hydrogen) atoms. The molecule has 0 saturated heterocycles. The maximum Gasteiger partial charge on any atom is 0.244 e. The average Bonchev–Trinajstić information content (AvgIpc) is 2.85. The van der Waals surface area contributed by atoms with Crippen molar-refractivity contribution in [3.63, 3.8) is 0 Å². The van der Waals surface area contributed by atoms with Crippen LogP contribution in [0.2, 0.25) is 0 Å².